The summed E-state index contributed by atoms with van der Waals surface area (Å²) in [5.74, 6) is 1.70. The maximum atomic E-state index is 5.95. The van der Waals surface area contributed by atoms with E-state index < -0.39 is 0 Å². The van der Waals surface area contributed by atoms with Crippen molar-refractivity contribution in [3.8, 4) is 11.5 Å². The van der Waals surface area contributed by atoms with Gasteiger partial charge in [-0.25, -0.2) is 0 Å². The minimum atomic E-state index is -0.123. The second kappa shape index (κ2) is 10.1. The highest BCUT2D eigenvalue weighted by Crippen LogP contribution is 2.14. The number of hydrogen-bond donors (Lipinski definition) is 0. The van der Waals surface area contributed by atoms with Crippen molar-refractivity contribution in [2.75, 3.05) is 40.5 Å². The van der Waals surface area contributed by atoms with E-state index in [1.165, 1.54) is 11.1 Å². The number of benzene rings is 2. The van der Waals surface area contributed by atoms with E-state index in [1.54, 1.807) is 0 Å². The van der Waals surface area contributed by atoms with Gasteiger partial charge in [0, 0.05) is 6.54 Å². The van der Waals surface area contributed by atoms with Crippen molar-refractivity contribution in [1.29, 1.82) is 0 Å². The van der Waals surface area contributed by atoms with Gasteiger partial charge >= 0.3 is 0 Å². The van der Waals surface area contributed by atoms with Gasteiger partial charge in [0.25, 0.3) is 0 Å². The zero-order valence-corrected chi connectivity index (χ0v) is 15.7. The number of aryl methyl sites for hydroxylation is 2. The van der Waals surface area contributed by atoms with Gasteiger partial charge in [-0.2, -0.15) is 0 Å². The van der Waals surface area contributed by atoms with Gasteiger partial charge < -0.3 is 19.1 Å². The number of ether oxygens (including phenoxy) is 3. The largest absolute Gasteiger partial charge is 0.491 e. The molecule has 4 nitrogen and oxygen atoms in total. The molecule has 0 spiro atoms. The molecule has 0 saturated heterocycles. The second-order valence-corrected chi connectivity index (χ2v) is 6.54. The molecule has 0 aliphatic rings. The molecular formula is C21H29NO3. The monoisotopic (exact) mass is 343 g/mol. The zero-order valence-electron chi connectivity index (χ0n) is 15.7. The summed E-state index contributed by atoms with van der Waals surface area (Å²) >= 11 is 0. The molecule has 4 heteroatoms. The highest BCUT2D eigenvalue weighted by Gasteiger charge is 2.12. The van der Waals surface area contributed by atoms with Crippen LogP contribution >= 0.6 is 0 Å². The van der Waals surface area contributed by atoms with Crippen molar-refractivity contribution >= 4 is 0 Å². The first kappa shape index (κ1) is 19.3. The number of nitrogens with zero attached hydrogens (tertiary/aromatic N) is 1. The Hall–Kier alpha value is -2.04. The Balaban J connectivity index is 1.86. The first-order chi connectivity index (χ1) is 12.0. The summed E-state index contributed by atoms with van der Waals surface area (Å²) in [6, 6.07) is 16.1. The molecule has 2 aromatic rings. The lowest BCUT2D eigenvalue weighted by Gasteiger charge is -2.20. The molecule has 0 atom stereocenters. The maximum absolute atomic E-state index is 5.95. The van der Waals surface area contributed by atoms with Crippen molar-refractivity contribution in [1.82, 2.24) is 4.90 Å². The molecule has 0 aliphatic heterocycles. The van der Waals surface area contributed by atoms with Crippen LogP contribution in [0.1, 0.15) is 11.1 Å². The molecule has 0 amide bonds. The Kier molecular flexibility index (Phi) is 7.76. The topological polar surface area (TPSA) is 30.9 Å². The molecule has 25 heavy (non-hydrogen) atoms. The van der Waals surface area contributed by atoms with Gasteiger partial charge in [-0.3, -0.25) is 0 Å². The van der Waals surface area contributed by atoms with E-state index in [0.29, 0.717) is 19.8 Å². The van der Waals surface area contributed by atoms with Crippen LogP contribution in [-0.4, -0.2) is 51.5 Å². The van der Waals surface area contributed by atoms with E-state index in [9.17, 15) is 0 Å². The Labute approximate surface area is 151 Å². The third kappa shape index (κ3) is 7.59. The van der Waals surface area contributed by atoms with Crippen LogP contribution in [0.15, 0.2) is 48.5 Å². The van der Waals surface area contributed by atoms with Crippen molar-refractivity contribution in [3.63, 3.8) is 0 Å². The van der Waals surface area contributed by atoms with Gasteiger partial charge in [-0.1, -0.05) is 35.4 Å². The van der Waals surface area contributed by atoms with Gasteiger partial charge in [0.2, 0.25) is 0 Å². The average molecular weight is 343 g/mol. The molecule has 0 heterocycles. The van der Waals surface area contributed by atoms with Crippen molar-refractivity contribution < 1.29 is 14.2 Å². The molecule has 0 unspecified atom stereocenters. The summed E-state index contributed by atoms with van der Waals surface area (Å²) in [6.07, 6.45) is -0.123. The normalized spacial score (nSPS) is 11.1. The summed E-state index contributed by atoms with van der Waals surface area (Å²) in [5.41, 5.74) is 2.43. The second-order valence-electron chi connectivity index (χ2n) is 6.54. The highest BCUT2D eigenvalue weighted by molar-refractivity contribution is 5.27. The molecule has 2 rings (SSSR count). The van der Waals surface area contributed by atoms with Crippen LogP contribution in [0.25, 0.3) is 0 Å². The van der Waals surface area contributed by atoms with Crippen LogP contribution in [0, 0.1) is 13.8 Å². The van der Waals surface area contributed by atoms with E-state index in [-0.39, 0.29) is 6.10 Å². The fourth-order valence-electron chi connectivity index (χ4n) is 2.19. The summed E-state index contributed by atoms with van der Waals surface area (Å²) < 4.78 is 17.7. The maximum Gasteiger partial charge on any atom is 0.125 e. The first-order valence-electron chi connectivity index (χ1n) is 8.68. The lowest BCUT2D eigenvalue weighted by molar-refractivity contribution is -0.0118. The quantitative estimate of drug-likeness (QED) is 0.658. The Morgan fingerprint density at radius 2 is 1.20 bits per heavy atom. The highest BCUT2D eigenvalue weighted by atomic mass is 16.6. The predicted octanol–water partition coefficient (Wildman–Crippen LogP) is 3.71. The van der Waals surface area contributed by atoms with Gasteiger partial charge in [0.15, 0.2) is 0 Å². The standard InChI is InChI=1S/C21H29NO3/c1-17-5-9-19(10-6-17)24-15-21(23-14-13-22(3)4)16-25-20-11-7-18(2)8-12-20/h5-12,21H,13-16H2,1-4H3. The third-order valence-electron chi connectivity index (χ3n) is 3.81. The van der Waals surface area contributed by atoms with E-state index in [0.717, 1.165) is 18.0 Å². The summed E-state index contributed by atoms with van der Waals surface area (Å²) in [6.45, 7) is 6.56. The predicted molar refractivity (Wildman–Crippen MR) is 102 cm³/mol. The average Bonchev–Trinajstić information content (AvgIpc) is 2.59. The molecule has 0 aliphatic carbocycles. The lowest BCUT2D eigenvalue weighted by Crippen LogP contribution is -2.31. The van der Waals surface area contributed by atoms with Crippen LogP contribution < -0.4 is 9.47 Å². The molecule has 0 fully saturated rings. The van der Waals surface area contributed by atoms with Gasteiger partial charge in [-0.15, -0.1) is 0 Å². The first-order valence-corrected chi connectivity index (χ1v) is 8.68. The zero-order chi connectivity index (χ0) is 18.1. The van der Waals surface area contributed by atoms with E-state index in [2.05, 4.69) is 18.7 Å². The Bertz CT molecular complexity index is 559. The van der Waals surface area contributed by atoms with Crippen LogP contribution in [-0.2, 0) is 4.74 Å². The van der Waals surface area contributed by atoms with Crippen molar-refractivity contribution in [2.45, 2.75) is 20.0 Å². The summed E-state index contributed by atoms with van der Waals surface area (Å²) in [4.78, 5) is 2.10. The van der Waals surface area contributed by atoms with Crippen molar-refractivity contribution in [2.24, 2.45) is 0 Å². The lowest BCUT2D eigenvalue weighted by atomic mass is 10.2. The number of rotatable bonds is 10. The molecule has 136 valence electrons. The molecular weight excluding hydrogens is 314 g/mol. The fraction of sp³-hybridized carbons (Fsp3) is 0.429. The van der Waals surface area contributed by atoms with E-state index >= 15 is 0 Å². The number of likely N-dealkylation sites (N-methyl/N-ethyl adjacent to an activating group) is 1. The molecule has 0 saturated carbocycles. The van der Waals surface area contributed by atoms with Gasteiger partial charge in [-0.05, 0) is 52.2 Å². The summed E-state index contributed by atoms with van der Waals surface area (Å²) in [7, 11) is 4.06. The summed E-state index contributed by atoms with van der Waals surface area (Å²) in [5, 5.41) is 0. The molecule has 0 aromatic heterocycles. The smallest absolute Gasteiger partial charge is 0.125 e. The molecule has 0 bridgehead atoms. The minimum Gasteiger partial charge on any atom is -0.491 e. The van der Waals surface area contributed by atoms with Crippen LogP contribution in [0.2, 0.25) is 0 Å². The Morgan fingerprint density at radius 1 is 0.760 bits per heavy atom. The van der Waals surface area contributed by atoms with Gasteiger partial charge in [0.05, 0.1) is 6.61 Å². The van der Waals surface area contributed by atoms with Crippen molar-refractivity contribution in [3.05, 3.63) is 59.7 Å². The van der Waals surface area contributed by atoms with E-state index in [4.69, 9.17) is 14.2 Å². The Morgan fingerprint density at radius 3 is 1.60 bits per heavy atom. The molecule has 2 aromatic carbocycles. The van der Waals surface area contributed by atoms with Crippen LogP contribution in [0.4, 0.5) is 0 Å². The van der Waals surface area contributed by atoms with Crippen LogP contribution in [0.3, 0.4) is 0 Å². The minimum absolute atomic E-state index is 0.123. The SMILES string of the molecule is Cc1ccc(OCC(COc2ccc(C)cc2)OCCN(C)C)cc1. The third-order valence-corrected chi connectivity index (χ3v) is 3.81. The fourth-order valence-corrected chi connectivity index (χ4v) is 2.19. The van der Waals surface area contributed by atoms with Gasteiger partial charge in [0.1, 0.15) is 30.8 Å². The number of hydrogen-bond acceptors (Lipinski definition) is 4. The molecule has 0 N–H and O–H groups in total. The van der Waals surface area contributed by atoms with E-state index in [1.807, 2.05) is 62.6 Å². The van der Waals surface area contributed by atoms with Crippen LogP contribution in [0.5, 0.6) is 11.5 Å². The molecule has 0 radical (unpaired) electrons.